The molecular weight excluding hydrogens is 290 g/mol. The zero-order valence-corrected chi connectivity index (χ0v) is 12.5. The largest absolute Gasteiger partial charge is 0.478 e. The Morgan fingerprint density at radius 3 is 2.71 bits per heavy atom. The van der Waals surface area contributed by atoms with Crippen LogP contribution >= 0.6 is 11.8 Å². The fraction of sp³-hybridized carbons (Fsp3) is 0.231. The third-order valence-electron chi connectivity index (χ3n) is 3.18. The van der Waals surface area contributed by atoms with E-state index in [9.17, 15) is 9.90 Å². The predicted molar refractivity (Wildman–Crippen MR) is 77.5 cm³/mol. The number of pyridine rings is 1. The fourth-order valence-corrected chi connectivity index (χ4v) is 3.27. The van der Waals surface area contributed by atoms with Gasteiger partial charge in [-0.2, -0.15) is 5.10 Å². The van der Waals surface area contributed by atoms with Crippen molar-refractivity contribution in [3.8, 4) is 0 Å². The lowest BCUT2D eigenvalue weighted by molar-refractivity contribution is 0.0693. The zero-order valence-electron chi connectivity index (χ0n) is 11.7. The van der Waals surface area contributed by atoms with Gasteiger partial charge in [-0.3, -0.25) is 4.68 Å². The number of aromatic nitrogens is 5. The number of carboxylic acid groups (broad SMARTS) is 1. The number of imidazole rings is 1. The van der Waals surface area contributed by atoms with Crippen LogP contribution in [0, 0.1) is 6.92 Å². The summed E-state index contributed by atoms with van der Waals surface area (Å²) < 4.78 is 3.49. The van der Waals surface area contributed by atoms with Crippen molar-refractivity contribution in [2.75, 3.05) is 0 Å². The summed E-state index contributed by atoms with van der Waals surface area (Å²) in [7, 11) is 3.66. The van der Waals surface area contributed by atoms with Gasteiger partial charge in [0, 0.05) is 37.6 Å². The molecule has 3 aromatic heterocycles. The molecule has 0 aliphatic heterocycles. The van der Waals surface area contributed by atoms with E-state index < -0.39 is 5.97 Å². The Labute approximate surface area is 124 Å². The maximum absolute atomic E-state index is 11.5. The minimum absolute atomic E-state index is 0.159. The van der Waals surface area contributed by atoms with Gasteiger partial charge >= 0.3 is 5.97 Å². The number of rotatable bonds is 3. The van der Waals surface area contributed by atoms with E-state index >= 15 is 0 Å². The lowest BCUT2D eigenvalue weighted by Gasteiger charge is -2.07. The maximum atomic E-state index is 11.5. The number of hydrogen-bond acceptors (Lipinski definition) is 5. The second kappa shape index (κ2) is 4.88. The molecule has 8 heteroatoms. The minimum Gasteiger partial charge on any atom is -0.478 e. The van der Waals surface area contributed by atoms with Crippen molar-refractivity contribution in [1.29, 1.82) is 0 Å². The lowest BCUT2D eigenvalue weighted by atomic mass is 10.2. The normalized spacial score (nSPS) is 11.2. The number of fused-ring (bicyclic) bond motifs is 1. The monoisotopic (exact) mass is 303 g/mol. The van der Waals surface area contributed by atoms with Gasteiger partial charge in [-0.15, -0.1) is 0 Å². The molecule has 7 nitrogen and oxygen atoms in total. The average molecular weight is 303 g/mol. The summed E-state index contributed by atoms with van der Waals surface area (Å²) in [6.07, 6.45) is 4.87. The number of nitrogens with zero attached hydrogens (tertiary/aromatic N) is 5. The fourth-order valence-electron chi connectivity index (χ4n) is 2.18. The quantitative estimate of drug-likeness (QED) is 0.795. The highest BCUT2D eigenvalue weighted by atomic mass is 32.2. The van der Waals surface area contributed by atoms with E-state index in [1.54, 1.807) is 17.9 Å². The molecule has 21 heavy (non-hydrogen) atoms. The standard InChI is InChI=1S/C13H13N5O2S/c1-7-9-10(21-13-14-4-5-17(13)2)8(12(19)20)6-15-11(9)18(3)16-7/h4-6H,1-3H3,(H,19,20). The number of carbonyl (C=O) groups is 1. The lowest BCUT2D eigenvalue weighted by Crippen LogP contribution is -2.02. The van der Waals surface area contributed by atoms with E-state index in [0.29, 0.717) is 15.7 Å². The molecule has 0 unspecified atom stereocenters. The van der Waals surface area contributed by atoms with Crippen molar-refractivity contribution in [1.82, 2.24) is 24.3 Å². The molecule has 3 aromatic rings. The third-order valence-corrected chi connectivity index (χ3v) is 4.38. The smallest absolute Gasteiger partial charge is 0.338 e. The summed E-state index contributed by atoms with van der Waals surface area (Å²) >= 11 is 1.31. The van der Waals surface area contributed by atoms with Gasteiger partial charge < -0.3 is 9.67 Å². The van der Waals surface area contributed by atoms with Crippen LogP contribution in [0.5, 0.6) is 0 Å². The van der Waals surface area contributed by atoms with Crippen LogP contribution < -0.4 is 0 Å². The Bertz CT molecular complexity index is 852. The van der Waals surface area contributed by atoms with Gasteiger partial charge in [-0.25, -0.2) is 14.8 Å². The molecule has 3 heterocycles. The van der Waals surface area contributed by atoms with Gasteiger partial charge in [-0.05, 0) is 18.7 Å². The molecule has 0 aliphatic rings. The van der Waals surface area contributed by atoms with Gasteiger partial charge in [0.25, 0.3) is 0 Å². The highest BCUT2D eigenvalue weighted by Crippen LogP contribution is 2.36. The molecule has 0 spiro atoms. The molecule has 0 aromatic carbocycles. The zero-order chi connectivity index (χ0) is 15.1. The van der Waals surface area contributed by atoms with Crippen LogP contribution in [-0.4, -0.2) is 35.4 Å². The van der Waals surface area contributed by atoms with Crippen LogP contribution in [0.15, 0.2) is 28.6 Å². The summed E-state index contributed by atoms with van der Waals surface area (Å²) in [4.78, 5) is 20.6. The Hall–Kier alpha value is -2.35. The van der Waals surface area contributed by atoms with Crippen molar-refractivity contribution < 1.29 is 9.90 Å². The molecule has 3 rings (SSSR count). The molecule has 0 aliphatic carbocycles. The summed E-state index contributed by atoms with van der Waals surface area (Å²) in [6.45, 7) is 1.85. The Kier molecular flexibility index (Phi) is 3.17. The minimum atomic E-state index is -1.01. The van der Waals surface area contributed by atoms with Gasteiger partial charge in [0.2, 0.25) is 0 Å². The van der Waals surface area contributed by atoms with E-state index in [4.69, 9.17) is 0 Å². The van der Waals surface area contributed by atoms with Crippen LogP contribution in [0.3, 0.4) is 0 Å². The van der Waals surface area contributed by atoms with Crippen molar-refractivity contribution in [3.05, 3.63) is 29.8 Å². The predicted octanol–water partition coefficient (Wildman–Crippen LogP) is 1.86. The summed E-state index contributed by atoms with van der Waals surface area (Å²) in [5, 5.41) is 15.2. The van der Waals surface area contributed by atoms with Crippen molar-refractivity contribution in [2.24, 2.45) is 14.1 Å². The Balaban J connectivity index is 2.28. The molecule has 0 bridgehead atoms. The molecule has 0 fully saturated rings. The van der Waals surface area contributed by atoms with Crippen LogP contribution in [0.2, 0.25) is 0 Å². The Morgan fingerprint density at radius 2 is 2.10 bits per heavy atom. The van der Waals surface area contributed by atoms with E-state index in [1.807, 2.05) is 24.7 Å². The second-order valence-corrected chi connectivity index (χ2v) is 5.61. The topological polar surface area (TPSA) is 85.8 Å². The summed E-state index contributed by atoms with van der Waals surface area (Å²) in [5.74, 6) is -1.01. The molecule has 0 saturated heterocycles. The van der Waals surface area contributed by atoms with Gasteiger partial charge in [0.1, 0.15) is 0 Å². The first kappa shape index (κ1) is 13.6. The van der Waals surface area contributed by atoms with E-state index in [0.717, 1.165) is 11.1 Å². The van der Waals surface area contributed by atoms with Crippen LogP contribution in [0.1, 0.15) is 16.1 Å². The van der Waals surface area contributed by atoms with Crippen LogP contribution in [-0.2, 0) is 14.1 Å². The number of aromatic carboxylic acids is 1. The van der Waals surface area contributed by atoms with Gasteiger partial charge in [0.15, 0.2) is 10.8 Å². The maximum Gasteiger partial charge on any atom is 0.338 e. The first-order chi connectivity index (χ1) is 9.99. The molecule has 1 N–H and O–H groups in total. The highest BCUT2D eigenvalue weighted by Gasteiger charge is 2.21. The van der Waals surface area contributed by atoms with Gasteiger partial charge in [-0.1, -0.05) is 0 Å². The number of carboxylic acids is 1. The first-order valence-electron chi connectivity index (χ1n) is 6.20. The molecule has 0 saturated carbocycles. The highest BCUT2D eigenvalue weighted by molar-refractivity contribution is 7.99. The Morgan fingerprint density at radius 1 is 1.33 bits per heavy atom. The summed E-state index contributed by atoms with van der Waals surface area (Å²) in [6, 6.07) is 0. The molecule has 0 amide bonds. The van der Waals surface area contributed by atoms with Crippen molar-refractivity contribution >= 4 is 28.8 Å². The number of aryl methyl sites for hydroxylation is 3. The first-order valence-corrected chi connectivity index (χ1v) is 7.01. The third kappa shape index (κ3) is 2.17. The second-order valence-electron chi connectivity index (χ2n) is 4.64. The van der Waals surface area contributed by atoms with E-state index in [-0.39, 0.29) is 5.56 Å². The van der Waals surface area contributed by atoms with E-state index in [1.165, 1.54) is 18.0 Å². The molecule has 0 atom stereocenters. The SMILES string of the molecule is Cc1nn(C)c2ncc(C(=O)O)c(Sc3nccn3C)c12. The summed E-state index contributed by atoms with van der Waals surface area (Å²) in [5.41, 5.74) is 1.57. The van der Waals surface area contributed by atoms with Crippen LogP contribution in [0.25, 0.3) is 11.0 Å². The molecule has 108 valence electrons. The van der Waals surface area contributed by atoms with E-state index in [2.05, 4.69) is 15.1 Å². The molecular formula is C13H13N5O2S. The van der Waals surface area contributed by atoms with Crippen molar-refractivity contribution in [2.45, 2.75) is 17.0 Å². The van der Waals surface area contributed by atoms with Crippen molar-refractivity contribution in [3.63, 3.8) is 0 Å². The average Bonchev–Trinajstić information content (AvgIpc) is 2.95. The number of hydrogen-bond donors (Lipinski definition) is 1. The molecule has 0 radical (unpaired) electrons. The van der Waals surface area contributed by atoms with Gasteiger partial charge in [0.05, 0.1) is 16.6 Å². The van der Waals surface area contributed by atoms with Crippen LogP contribution in [0.4, 0.5) is 0 Å².